The molecule has 0 radical (unpaired) electrons. The molecule has 144 valence electrons. The highest BCUT2D eigenvalue weighted by molar-refractivity contribution is 5.62. The van der Waals surface area contributed by atoms with Crippen molar-refractivity contribution in [2.24, 2.45) is 5.41 Å². The fourth-order valence-corrected chi connectivity index (χ4v) is 3.46. The number of hydrogen-bond donors (Lipinski definition) is 1. The fraction of sp³-hybridized carbons (Fsp3) is 0.360. The molecule has 0 aliphatic heterocycles. The number of aromatic hydroxyl groups is 1. The zero-order valence-electron chi connectivity index (χ0n) is 17.3. The van der Waals surface area contributed by atoms with Crippen LogP contribution in [-0.2, 0) is 13.0 Å². The molecule has 2 heteroatoms. The van der Waals surface area contributed by atoms with E-state index in [1.807, 2.05) is 31.2 Å². The van der Waals surface area contributed by atoms with Crippen molar-refractivity contribution in [3.63, 3.8) is 0 Å². The summed E-state index contributed by atoms with van der Waals surface area (Å²) < 4.78 is 0. The molecule has 1 aliphatic carbocycles. The molecule has 1 aromatic rings. The van der Waals surface area contributed by atoms with Gasteiger partial charge in [-0.05, 0) is 60.6 Å². The minimum absolute atomic E-state index is 0.0820. The monoisotopic (exact) mass is 363 g/mol. The van der Waals surface area contributed by atoms with Gasteiger partial charge in [-0.2, -0.15) is 0 Å². The number of rotatable bonds is 8. The molecule has 1 aliphatic rings. The van der Waals surface area contributed by atoms with E-state index in [9.17, 15) is 5.11 Å². The van der Waals surface area contributed by atoms with Gasteiger partial charge in [-0.1, -0.05) is 64.7 Å². The van der Waals surface area contributed by atoms with Crippen LogP contribution in [0.15, 0.2) is 67.1 Å². The predicted molar refractivity (Wildman–Crippen MR) is 117 cm³/mol. The predicted octanol–water partition coefficient (Wildman–Crippen LogP) is 6.75. The molecule has 0 atom stereocenters. The van der Waals surface area contributed by atoms with E-state index in [-0.39, 0.29) is 5.41 Å². The van der Waals surface area contributed by atoms with Crippen LogP contribution in [0.2, 0.25) is 0 Å². The second kappa shape index (κ2) is 8.94. The molecule has 1 aromatic carbocycles. The number of allylic oxidation sites excluding steroid dienone is 6. The Labute approximate surface area is 164 Å². The largest absolute Gasteiger partial charge is 0.508 e. The van der Waals surface area contributed by atoms with Gasteiger partial charge in [0.25, 0.3) is 0 Å². The van der Waals surface area contributed by atoms with Crippen molar-refractivity contribution in [2.45, 2.75) is 53.5 Å². The molecule has 0 spiro atoms. The van der Waals surface area contributed by atoms with E-state index in [4.69, 9.17) is 0 Å². The first-order chi connectivity index (χ1) is 12.8. The normalized spacial score (nSPS) is 15.6. The molecular weight excluding hydrogens is 330 g/mol. The van der Waals surface area contributed by atoms with Gasteiger partial charge in [0, 0.05) is 23.5 Å². The molecule has 0 amide bonds. The van der Waals surface area contributed by atoms with Gasteiger partial charge < -0.3 is 10.0 Å². The van der Waals surface area contributed by atoms with Crippen molar-refractivity contribution < 1.29 is 5.11 Å². The number of nitrogens with zero attached hydrogens (tertiary/aromatic N) is 1. The van der Waals surface area contributed by atoms with Crippen LogP contribution < -0.4 is 0 Å². The van der Waals surface area contributed by atoms with Crippen molar-refractivity contribution in [2.75, 3.05) is 0 Å². The molecular formula is C25H33NO. The van der Waals surface area contributed by atoms with Crippen LogP contribution in [0.4, 0.5) is 0 Å². The van der Waals surface area contributed by atoms with Crippen LogP contribution in [-0.4, -0.2) is 10.0 Å². The smallest absolute Gasteiger partial charge is 0.119 e. The molecule has 2 rings (SSSR count). The second-order valence-electron chi connectivity index (χ2n) is 7.91. The number of fused-ring (bicyclic) bond motifs is 1. The molecule has 0 saturated carbocycles. The highest BCUT2D eigenvalue weighted by Crippen LogP contribution is 2.37. The highest BCUT2D eigenvalue weighted by Gasteiger charge is 2.24. The summed E-state index contributed by atoms with van der Waals surface area (Å²) in [6.07, 6.45) is 15.1. The minimum atomic E-state index is 0.0820. The van der Waals surface area contributed by atoms with Gasteiger partial charge >= 0.3 is 0 Å². The molecule has 0 saturated heterocycles. The number of phenols is 1. The lowest BCUT2D eigenvalue weighted by Gasteiger charge is -2.30. The van der Waals surface area contributed by atoms with Crippen LogP contribution in [0.5, 0.6) is 5.75 Å². The Bertz CT molecular complexity index is 793. The van der Waals surface area contributed by atoms with E-state index in [0.29, 0.717) is 12.3 Å². The maximum absolute atomic E-state index is 10.6. The van der Waals surface area contributed by atoms with Crippen LogP contribution in [0.1, 0.15) is 57.2 Å². The molecule has 0 bridgehead atoms. The molecule has 1 N–H and O–H groups in total. The Morgan fingerprint density at radius 1 is 1.33 bits per heavy atom. The van der Waals surface area contributed by atoms with E-state index in [2.05, 4.69) is 63.1 Å². The lowest BCUT2D eigenvalue weighted by molar-refractivity contribution is 0.409. The third-order valence-electron chi connectivity index (χ3n) is 4.91. The van der Waals surface area contributed by atoms with Gasteiger partial charge in [0.1, 0.15) is 5.75 Å². The summed E-state index contributed by atoms with van der Waals surface area (Å²) in [5.74, 6) is 0.388. The van der Waals surface area contributed by atoms with E-state index in [0.717, 1.165) is 47.3 Å². The van der Waals surface area contributed by atoms with E-state index >= 15 is 0 Å². The maximum Gasteiger partial charge on any atom is 0.119 e. The average Bonchev–Trinajstić information content (AvgIpc) is 2.61. The summed E-state index contributed by atoms with van der Waals surface area (Å²) in [7, 11) is 0. The topological polar surface area (TPSA) is 23.5 Å². The summed E-state index contributed by atoms with van der Waals surface area (Å²) in [5.41, 5.74) is 5.38. The van der Waals surface area contributed by atoms with Gasteiger partial charge in [0.2, 0.25) is 0 Å². The first-order valence-electron chi connectivity index (χ1n) is 9.76. The minimum Gasteiger partial charge on any atom is -0.508 e. The van der Waals surface area contributed by atoms with Crippen molar-refractivity contribution in [3.8, 4) is 5.75 Å². The Morgan fingerprint density at radius 2 is 2.07 bits per heavy atom. The average molecular weight is 364 g/mol. The zero-order valence-corrected chi connectivity index (χ0v) is 17.3. The van der Waals surface area contributed by atoms with Crippen molar-refractivity contribution in [1.29, 1.82) is 0 Å². The number of hydrogen-bond acceptors (Lipinski definition) is 2. The van der Waals surface area contributed by atoms with E-state index in [1.54, 1.807) is 0 Å². The molecule has 0 unspecified atom stereocenters. The van der Waals surface area contributed by atoms with Gasteiger partial charge in [0.05, 0.1) is 0 Å². The van der Waals surface area contributed by atoms with E-state index < -0.39 is 0 Å². The first kappa shape index (κ1) is 20.8. The molecule has 27 heavy (non-hydrogen) atoms. The number of phenolic OH excluding ortho intramolecular Hbond substituents is 1. The van der Waals surface area contributed by atoms with E-state index in [1.165, 1.54) is 0 Å². The quantitative estimate of drug-likeness (QED) is 0.516. The van der Waals surface area contributed by atoms with Crippen LogP contribution >= 0.6 is 0 Å². The van der Waals surface area contributed by atoms with Gasteiger partial charge in [-0.3, -0.25) is 0 Å². The van der Waals surface area contributed by atoms with Gasteiger partial charge in [-0.25, -0.2) is 0 Å². The number of benzene rings is 1. The molecule has 0 aromatic heterocycles. The summed E-state index contributed by atoms with van der Waals surface area (Å²) in [4.78, 5) is 2.19. The maximum atomic E-state index is 10.6. The zero-order chi connectivity index (χ0) is 20.0. The Morgan fingerprint density at radius 3 is 2.70 bits per heavy atom. The highest BCUT2D eigenvalue weighted by atomic mass is 16.3. The summed E-state index contributed by atoms with van der Waals surface area (Å²) in [6, 6.07) is 4.08. The first-order valence-corrected chi connectivity index (χ1v) is 9.76. The van der Waals surface area contributed by atoms with Crippen molar-refractivity contribution in [3.05, 3.63) is 83.8 Å². The van der Waals surface area contributed by atoms with Crippen LogP contribution in [0, 0.1) is 5.41 Å². The standard InChI is InChI=1S/C25H33NO/c1-7-10-12-22(9-3)26(19(4)11-8-2)18-20-15-21-13-14-25(5,6)17-23(21)24(27)16-20/h7,9-10,12-16,27H,3-4,8,11,17-18H2,1-2,5-6H3/b10-7-,22-12+. The Hall–Kier alpha value is -2.48. The lowest BCUT2D eigenvalue weighted by Crippen LogP contribution is -2.21. The second-order valence-corrected chi connectivity index (χ2v) is 7.91. The molecule has 0 fully saturated rings. The third kappa shape index (κ3) is 5.26. The van der Waals surface area contributed by atoms with Crippen molar-refractivity contribution >= 4 is 6.08 Å². The lowest BCUT2D eigenvalue weighted by atomic mass is 9.79. The Balaban J connectivity index is 2.39. The van der Waals surface area contributed by atoms with Crippen LogP contribution in [0.3, 0.4) is 0 Å². The fourth-order valence-electron chi connectivity index (χ4n) is 3.46. The Kier molecular flexibility index (Phi) is 6.90. The summed E-state index contributed by atoms with van der Waals surface area (Å²) in [6.45, 7) is 17.5. The molecule has 0 heterocycles. The summed E-state index contributed by atoms with van der Waals surface area (Å²) >= 11 is 0. The van der Waals surface area contributed by atoms with Gasteiger partial charge in [-0.15, -0.1) is 0 Å². The SMILES string of the molecule is C=C/C(=C\C=C/C)N(Cc1cc(O)c2c(c1)C=CC(C)(C)C2)C(=C)CCC. The molecule has 2 nitrogen and oxygen atoms in total. The van der Waals surface area contributed by atoms with Gasteiger partial charge in [0.15, 0.2) is 0 Å². The third-order valence-corrected chi connectivity index (χ3v) is 4.91. The van der Waals surface area contributed by atoms with Crippen molar-refractivity contribution in [1.82, 2.24) is 4.90 Å². The van der Waals surface area contributed by atoms with Crippen LogP contribution in [0.25, 0.3) is 6.08 Å². The summed E-state index contributed by atoms with van der Waals surface area (Å²) in [5, 5.41) is 10.6.